The van der Waals surface area contributed by atoms with E-state index in [-0.39, 0.29) is 16.0 Å². The third-order valence-corrected chi connectivity index (χ3v) is 10.9. The number of nitrogens with one attached hydrogen (secondary N) is 1. The smallest absolute Gasteiger partial charge is 0.264 e. The van der Waals surface area contributed by atoms with Crippen LogP contribution in [0.25, 0.3) is 0 Å². The number of carbonyl (C=O) groups is 1. The number of hydrogen-bond donors (Lipinski definition) is 1. The number of carbonyl (C=O) groups excluding carboxylic acids is 1. The Labute approximate surface area is 235 Å². The molecule has 0 spiro atoms. The van der Waals surface area contributed by atoms with Gasteiger partial charge in [-0.2, -0.15) is 0 Å². The molecule has 4 fully saturated rings. The van der Waals surface area contributed by atoms with Crippen molar-refractivity contribution in [3.05, 3.63) is 83.4 Å². The highest BCUT2D eigenvalue weighted by molar-refractivity contribution is 7.92. The lowest BCUT2D eigenvalue weighted by Gasteiger charge is -2.57. The van der Waals surface area contributed by atoms with Gasteiger partial charge in [0.25, 0.3) is 10.0 Å². The summed E-state index contributed by atoms with van der Waals surface area (Å²) in [4.78, 5) is 13.3. The van der Waals surface area contributed by atoms with E-state index in [9.17, 15) is 13.2 Å². The average Bonchev–Trinajstić information content (AvgIpc) is 2.92. The first-order valence-electron chi connectivity index (χ1n) is 13.6. The first kappa shape index (κ1) is 26.2. The predicted molar refractivity (Wildman–Crippen MR) is 154 cm³/mol. The summed E-state index contributed by atoms with van der Waals surface area (Å²) in [5.74, 6) is 2.41. The molecule has 1 N–H and O–H groups in total. The highest BCUT2D eigenvalue weighted by atomic mass is 35.5. The summed E-state index contributed by atoms with van der Waals surface area (Å²) >= 11 is 6.23. The number of anilines is 2. The van der Waals surface area contributed by atoms with Crippen LogP contribution in [0.5, 0.6) is 5.75 Å². The Kier molecular flexibility index (Phi) is 6.84. The molecule has 0 atom stereocenters. The molecule has 4 saturated carbocycles. The minimum Gasteiger partial charge on any atom is -0.495 e. The van der Waals surface area contributed by atoms with Crippen molar-refractivity contribution in [3.63, 3.8) is 0 Å². The number of ether oxygens (including phenoxy) is 1. The number of sulfonamides is 1. The lowest BCUT2D eigenvalue weighted by Crippen LogP contribution is -2.48. The van der Waals surface area contributed by atoms with E-state index in [0.717, 1.165) is 22.1 Å². The van der Waals surface area contributed by atoms with E-state index in [1.165, 1.54) is 69.4 Å². The summed E-state index contributed by atoms with van der Waals surface area (Å²) in [6, 6.07) is 20.9. The third-order valence-electron chi connectivity index (χ3n) is 8.85. The quantitative estimate of drug-likeness (QED) is 0.332. The van der Waals surface area contributed by atoms with Crippen LogP contribution in [0, 0.1) is 17.8 Å². The standard InChI is InChI=1S/C31H33ClN2O4S/c1-38-29-12-9-25(32)16-28(29)34(39(36,37)27-5-3-2-4-6-27)20-30(35)33-26-10-7-24(8-11-26)31-17-21-13-22(18-31)15-23(14-21)19-31/h2-12,16,21-23H,13-15,17-20H2,1H3,(H,33,35). The van der Waals surface area contributed by atoms with Gasteiger partial charge in [-0.15, -0.1) is 0 Å². The zero-order valence-corrected chi connectivity index (χ0v) is 23.5. The minimum absolute atomic E-state index is 0.0692. The van der Waals surface area contributed by atoms with Crippen LogP contribution in [0.4, 0.5) is 11.4 Å². The molecule has 0 unspecified atom stereocenters. The summed E-state index contributed by atoms with van der Waals surface area (Å²) in [6.45, 7) is -0.440. The fraction of sp³-hybridized carbons (Fsp3) is 0.387. The second-order valence-corrected chi connectivity index (χ2v) is 13.8. The zero-order chi connectivity index (χ0) is 27.2. The van der Waals surface area contributed by atoms with Crippen LogP contribution in [-0.4, -0.2) is 28.0 Å². The molecule has 6 nitrogen and oxygen atoms in total. The first-order valence-corrected chi connectivity index (χ1v) is 15.4. The topological polar surface area (TPSA) is 75.7 Å². The van der Waals surface area contributed by atoms with Gasteiger partial charge in [-0.1, -0.05) is 41.9 Å². The van der Waals surface area contributed by atoms with Crippen molar-refractivity contribution in [2.24, 2.45) is 17.8 Å². The van der Waals surface area contributed by atoms with Gasteiger partial charge in [0, 0.05) is 10.7 Å². The lowest BCUT2D eigenvalue weighted by molar-refractivity contribution is -0.114. The Morgan fingerprint density at radius 1 is 0.949 bits per heavy atom. The van der Waals surface area contributed by atoms with E-state index in [1.54, 1.807) is 30.3 Å². The number of rotatable bonds is 8. The third kappa shape index (κ3) is 5.03. The molecular formula is C31H33ClN2O4S. The Morgan fingerprint density at radius 3 is 2.15 bits per heavy atom. The predicted octanol–water partition coefficient (Wildman–Crippen LogP) is 6.65. The highest BCUT2D eigenvalue weighted by Crippen LogP contribution is 2.60. The number of hydrogen-bond acceptors (Lipinski definition) is 4. The van der Waals surface area contributed by atoms with Gasteiger partial charge in [-0.3, -0.25) is 9.10 Å². The van der Waals surface area contributed by atoms with E-state index < -0.39 is 22.5 Å². The molecule has 7 rings (SSSR count). The molecule has 3 aromatic rings. The zero-order valence-electron chi connectivity index (χ0n) is 22.0. The average molecular weight is 565 g/mol. The molecule has 0 radical (unpaired) electrons. The van der Waals surface area contributed by atoms with E-state index in [4.69, 9.17) is 16.3 Å². The van der Waals surface area contributed by atoms with E-state index in [2.05, 4.69) is 17.4 Å². The molecule has 204 valence electrons. The van der Waals surface area contributed by atoms with Crippen LogP contribution in [0.15, 0.2) is 77.7 Å². The van der Waals surface area contributed by atoms with Gasteiger partial charge < -0.3 is 10.1 Å². The van der Waals surface area contributed by atoms with Crippen LogP contribution in [0.2, 0.25) is 5.02 Å². The molecule has 0 saturated heterocycles. The van der Waals surface area contributed by atoms with Crippen LogP contribution in [0.3, 0.4) is 0 Å². The van der Waals surface area contributed by atoms with Crippen molar-refractivity contribution >= 4 is 38.9 Å². The molecule has 4 aliphatic rings. The summed E-state index contributed by atoms with van der Waals surface area (Å²) in [5, 5.41) is 3.23. The van der Waals surface area contributed by atoms with Crippen molar-refractivity contribution < 1.29 is 17.9 Å². The van der Waals surface area contributed by atoms with Crippen molar-refractivity contribution in [1.29, 1.82) is 0 Å². The Morgan fingerprint density at radius 2 is 1.56 bits per heavy atom. The SMILES string of the molecule is COc1ccc(Cl)cc1N(CC(=O)Nc1ccc(C23CC4CC(CC(C4)C2)C3)cc1)S(=O)(=O)c1ccccc1. The molecular weight excluding hydrogens is 532 g/mol. The van der Waals surface area contributed by atoms with Gasteiger partial charge in [0.1, 0.15) is 12.3 Å². The van der Waals surface area contributed by atoms with Gasteiger partial charge in [0.2, 0.25) is 5.91 Å². The maximum Gasteiger partial charge on any atom is 0.264 e. The Bertz CT molecular complexity index is 1440. The monoisotopic (exact) mass is 564 g/mol. The largest absolute Gasteiger partial charge is 0.495 e. The van der Waals surface area contributed by atoms with Crippen LogP contribution < -0.4 is 14.4 Å². The van der Waals surface area contributed by atoms with Crippen LogP contribution in [-0.2, 0) is 20.2 Å². The molecule has 0 aliphatic heterocycles. The summed E-state index contributed by atoms with van der Waals surface area (Å²) in [6.07, 6.45) is 8.02. The fourth-order valence-electron chi connectivity index (χ4n) is 7.58. The minimum atomic E-state index is -4.09. The van der Waals surface area contributed by atoms with Gasteiger partial charge in [0.15, 0.2) is 0 Å². The Hall–Kier alpha value is -3.03. The Balaban J connectivity index is 1.24. The maximum atomic E-state index is 13.7. The second kappa shape index (κ2) is 10.2. The van der Waals surface area contributed by atoms with Crippen molar-refractivity contribution in [3.8, 4) is 5.75 Å². The number of halogens is 1. The number of methoxy groups -OCH3 is 1. The van der Waals surface area contributed by atoms with Crippen molar-refractivity contribution in [1.82, 2.24) is 0 Å². The van der Waals surface area contributed by atoms with Crippen molar-refractivity contribution in [2.45, 2.75) is 48.8 Å². The number of benzene rings is 3. The van der Waals surface area contributed by atoms with E-state index in [1.807, 2.05) is 12.1 Å². The van der Waals surface area contributed by atoms with Gasteiger partial charge >= 0.3 is 0 Å². The lowest BCUT2D eigenvalue weighted by atomic mass is 9.48. The highest BCUT2D eigenvalue weighted by Gasteiger charge is 2.51. The molecule has 0 heterocycles. The summed E-state index contributed by atoms with van der Waals surface area (Å²) < 4.78 is 33.9. The number of nitrogens with zero attached hydrogens (tertiary/aromatic N) is 1. The summed E-state index contributed by atoms with van der Waals surface area (Å²) in [5.41, 5.74) is 2.49. The van der Waals surface area contributed by atoms with Crippen LogP contribution >= 0.6 is 11.6 Å². The van der Waals surface area contributed by atoms with E-state index >= 15 is 0 Å². The van der Waals surface area contributed by atoms with Crippen molar-refractivity contribution in [2.75, 3.05) is 23.3 Å². The molecule has 0 aromatic heterocycles. The normalized spacial score (nSPS) is 25.3. The van der Waals surface area contributed by atoms with E-state index in [0.29, 0.717) is 16.5 Å². The second-order valence-electron chi connectivity index (χ2n) is 11.5. The van der Waals surface area contributed by atoms with Gasteiger partial charge in [-0.05, 0) is 110 Å². The molecule has 4 bridgehead atoms. The molecule has 4 aliphatic carbocycles. The first-order chi connectivity index (χ1) is 18.8. The van der Waals surface area contributed by atoms with Gasteiger partial charge in [-0.25, -0.2) is 8.42 Å². The maximum absolute atomic E-state index is 13.7. The molecule has 1 amide bonds. The summed E-state index contributed by atoms with van der Waals surface area (Å²) in [7, 11) is -2.64. The van der Waals surface area contributed by atoms with Gasteiger partial charge in [0.05, 0.1) is 17.7 Å². The fourth-order valence-corrected chi connectivity index (χ4v) is 9.19. The number of amides is 1. The molecule has 39 heavy (non-hydrogen) atoms. The van der Waals surface area contributed by atoms with Crippen LogP contribution in [0.1, 0.15) is 44.1 Å². The molecule has 3 aromatic carbocycles. The molecule has 8 heteroatoms.